The second kappa shape index (κ2) is 19.9. The number of hydrogen-bond acceptors (Lipinski definition) is 11. The molecule has 0 bridgehead atoms. The number of nitrogens with zero attached hydrogens (tertiary/aromatic N) is 2. The number of hydrogen-bond donors (Lipinski definition) is 6. The number of amides is 2. The molecule has 1 aliphatic heterocycles. The van der Waals surface area contributed by atoms with Crippen LogP contribution >= 0.6 is 0 Å². The van der Waals surface area contributed by atoms with Gasteiger partial charge < -0.3 is 35.3 Å². The van der Waals surface area contributed by atoms with E-state index in [1.165, 1.54) is 30.7 Å². The molecule has 1 saturated heterocycles. The lowest BCUT2D eigenvalue weighted by Crippen LogP contribution is -2.43. The lowest BCUT2D eigenvalue weighted by atomic mass is 9.61. The van der Waals surface area contributed by atoms with E-state index in [9.17, 15) is 29.7 Å². The molecule has 4 aliphatic carbocycles. The maximum absolute atomic E-state index is 15.5. The Hall–Kier alpha value is -5.61. The summed E-state index contributed by atoms with van der Waals surface area (Å²) in [4.78, 5) is 41.6. The van der Waals surface area contributed by atoms with Crippen molar-refractivity contribution < 1.29 is 43.5 Å². The molecule has 0 spiro atoms. The van der Waals surface area contributed by atoms with Crippen LogP contribution in [0.15, 0.2) is 113 Å². The van der Waals surface area contributed by atoms with Crippen LogP contribution in [0.1, 0.15) is 95.9 Å². The molecule has 11 atom stereocenters. The molecule has 2 aromatic carbocycles. The number of rotatable bonds is 13. The summed E-state index contributed by atoms with van der Waals surface area (Å²) in [5, 5.41) is 37.3. The molecule has 14 nitrogen and oxygen atoms in total. The lowest BCUT2D eigenvalue weighted by molar-refractivity contribution is -0.0617. The topological polar surface area (TPSA) is 207 Å². The fourth-order valence-electron chi connectivity index (χ4n) is 10.9. The quantitative estimate of drug-likeness (QED) is 0.0899. The molecule has 1 aromatic heterocycles. The number of halogens is 1. The molecular formula is C52H64FN5O9. The van der Waals surface area contributed by atoms with E-state index in [0.717, 1.165) is 60.3 Å². The first-order chi connectivity index (χ1) is 32.0. The highest BCUT2D eigenvalue weighted by molar-refractivity contribution is 5.85. The summed E-state index contributed by atoms with van der Waals surface area (Å²) in [6.45, 7) is 9.68. The first-order valence-corrected chi connectivity index (χ1v) is 23.6. The number of benzene rings is 2. The highest BCUT2D eigenvalue weighted by Crippen LogP contribution is 2.59. The maximum atomic E-state index is 15.5. The van der Waals surface area contributed by atoms with Crippen LogP contribution in [0.2, 0.25) is 0 Å². The normalized spacial score (nSPS) is 31.7. The monoisotopic (exact) mass is 921 g/mol. The van der Waals surface area contributed by atoms with Crippen molar-refractivity contribution in [2.75, 3.05) is 23.0 Å². The molecule has 3 aromatic rings. The average molecular weight is 922 g/mol. The number of nitrogens with one attached hydrogen (secondary N) is 2. The van der Waals surface area contributed by atoms with Crippen LogP contribution < -0.4 is 22.1 Å². The van der Waals surface area contributed by atoms with Crippen molar-refractivity contribution in [3.05, 3.63) is 130 Å². The Bertz CT molecular complexity index is 2450. The molecule has 7 N–H and O–H groups in total. The molecule has 2 amide bonds. The van der Waals surface area contributed by atoms with Crippen molar-refractivity contribution in [2.45, 2.75) is 127 Å². The predicted molar refractivity (Wildman–Crippen MR) is 253 cm³/mol. The molecular weight excluding hydrogens is 858 g/mol. The van der Waals surface area contributed by atoms with E-state index in [-0.39, 0.29) is 23.8 Å². The number of ether oxygens (including phenoxy) is 3. The summed E-state index contributed by atoms with van der Waals surface area (Å²) in [7, 11) is 0. The number of carbonyl (C=O) groups is 2. The van der Waals surface area contributed by atoms with Crippen LogP contribution in [-0.4, -0.2) is 79.9 Å². The molecule has 15 heteroatoms. The van der Waals surface area contributed by atoms with Gasteiger partial charge in [-0.3, -0.25) is 15.2 Å². The van der Waals surface area contributed by atoms with Crippen molar-refractivity contribution in [1.29, 1.82) is 0 Å². The summed E-state index contributed by atoms with van der Waals surface area (Å²) in [6.07, 6.45) is 11.5. The Morgan fingerprint density at radius 3 is 2.33 bits per heavy atom. The van der Waals surface area contributed by atoms with Gasteiger partial charge >= 0.3 is 17.9 Å². The summed E-state index contributed by atoms with van der Waals surface area (Å²) in [5.74, 6) is 1.86. The van der Waals surface area contributed by atoms with Crippen LogP contribution in [0.5, 0.6) is 0 Å². The second-order valence-corrected chi connectivity index (χ2v) is 19.7. The third kappa shape index (κ3) is 10.9. The molecule has 4 saturated carbocycles. The molecule has 5 fully saturated rings. The number of aliphatic hydroxyl groups excluding tert-OH is 3. The summed E-state index contributed by atoms with van der Waals surface area (Å²) < 4.78 is 33.1. The molecule has 0 radical (unpaired) electrons. The van der Waals surface area contributed by atoms with Gasteiger partial charge in [-0.05, 0) is 146 Å². The number of nitrogens with two attached hydrogens (primary N) is 1. The van der Waals surface area contributed by atoms with Gasteiger partial charge in [-0.15, -0.1) is 0 Å². The highest BCUT2D eigenvalue weighted by Gasteiger charge is 2.56. The number of anilines is 3. The van der Waals surface area contributed by atoms with Gasteiger partial charge in [-0.25, -0.2) is 18.8 Å². The Balaban J connectivity index is 0.792. The van der Waals surface area contributed by atoms with Crippen LogP contribution in [0, 0.1) is 29.1 Å². The third-order valence-corrected chi connectivity index (χ3v) is 14.9. The van der Waals surface area contributed by atoms with Gasteiger partial charge in [0.25, 0.3) is 0 Å². The molecule has 8 rings (SSSR count). The maximum Gasteiger partial charge on any atom is 0.412 e. The van der Waals surface area contributed by atoms with Crippen LogP contribution in [0.3, 0.4) is 0 Å². The van der Waals surface area contributed by atoms with E-state index in [0.29, 0.717) is 53.5 Å². The van der Waals surface area contributed by atoms with Crippen LogP contribution in [0.25, 0.3) is 0 Å². The zero-order valence-corrected chi connectivity index (χ0v) is 38.5. The number of allylic oxidation sites excluding steroid dienone is 4. The van der Waals surface area contributed by atoms with Crippen LogP contribution in [-0.2, 0) is 20.6 Å². The van der Waals surface area contributed by atoms with Gasteiger partial charge in [0, 0.05) is 24.0 Å². The van der Waals surface area contributed by atoms with Crippen molar-refractivity contribution in [3.63, 3.8) is 0 Å². The molecule has 7 unspecified atom stereocenters. The standard InChI is InChI=1S/C52H64FN5O9/c1-30(7-22-42(60)35-13-14-35)40-20-21-41-34(6-5-24-51(40,41)3)12-15-36-27-39(59)28-43(31(36)2)67-50(64)56-38-18-10-33(11-19-38)26-32-8-16-37(17-9-32)55-49(63)65-29-44-46(61)52(4,53)47(66-44)58-25-23-45(54)57-48(58)62/h7-12,15-19,22-23,25,30,35,39-44,46-47,59-61H,2,5-6,13-14,20-21,24,26-29H2,1,3-4H3,(H,55,63)(H,56,64)(H2,54,57,62)/b22-7+,34-12+,36-15-/t30-,39+,40?,41?,42?,43-,44?,46?,47?,51+,52?/m0/s1. The summed E-state index contributed by atoms with van der Waals surface area (Å²) >= 11 is 0. The minimum atomic E-state index is -2.39. The van der Waals surface area contributed by atoms with E-state index in [1.54, 1.807) is 24.3 Å². The van der Waals surface area contributed by atoms with Gasteiger partial charge in [0.1, 0.15) is 30.7 Å². The Morgan fingerprint density at radius 2 is 1.67 bits per heavy atom. The Labute approximate surface area is 390 Å². The van der Waals surface area contributed by atoms with E-state index in [4.69, 9.17) is 19.9 Å². The minimum absolute atomic E-state index is 0.0463. The van der Waals surface area contributed by atoms with Gasteiger partial charge in [0.2, 0.25) is 0 Å². The number of nitrogen functional groups attached to an aromatic ring is 1. The summed E-state index contributed by atoms with van der Waals surface area (Å²) in [6, 6.07) is 15.7. The lowest BCUT2D eigenvalue weighted by Gasteiger charge is -2.44. The zero-order chi connectivity index (χ0) is 47.6. The largest absolute Gasteiger partial charge is 0.446 e. The number of alkyl halides is 1. The van der Waals surface area contributed by atoms with E-state index >= 15 is 4.39 Å². The van der Waals surface area contributed by atoms with Crippen molar-refractivity contribution in [1.82, 2.24) is 9.55 Å². The van der Waals surface area contributed by atoms with E-state index in [2.05, 4.69) is 54.3 Å². The van der Waals surface area contributed by atoms with E-state index in [1.807, 2.05) is 30.3 Å². The van der Waals surface area contributed by atoms with Gasteiger partial charge in [-0.1, -0.05) is 74.6 Å². The molecule has 5 aliphatic rings. The molecule has 2 heterocycles. The van der Waals surface area contributed by atoms with Gasteiger partial charge in [0.05, 0.1) is 12.2 Å². The van der Waals surface area contributed by atoms with Crippen molar-refractivity contribution in [3.8, 4) is 0 Å². The smallest absolute Gasteiger partial charge is 0.412 e. The first-order valence-electron chi connectivity index (χ1n) is 23.6. The SMILES string of the molecule is C=C1/C(=C\C=C2/CCC[C@@]3(C)C2CCC3[C@@H](C)/C=C/C(O)C2CC2)C[C@@H](O)C[C@@H]1OC(=O)Nc1ccc(Cc2ccc(NC(=O)OCC3OC(n4ccc(N)nc4=O)C(C)(F)C3O)cc2)cc1. The number of aliphatic hydroxyl groups is 3. The summed E-state index contributed by atoms with van der Waals surface area (Å²) in [5.41, 5.74) is 8.45. The fourth-order valence-corrected chi connectivity index (χ4v) is 10.9. The zero-order valence-electron chi connectivity index (χ0n) is 38.5. The third-order valence-electron chi connectivity index (χ3n) is 14.9. The van der Waals surface area contributed by atoms with Gasteiger partial charge in [0.15, 0.2) is 11.9 Å². The second-order valence-electron chi connectivity index (χ2n) is 19.7. The minimum Gasteiger partial charge on any atom is -0.446 e. The number of aromatic nitrogens is 2. The fraction of sp³-hybridized carbons (Fsp3) is 0.500. The highest BCUT2D eigenvalue weighted by atomic mass is 19.1. The Kier molecular flexibility index (Phi) is 14.2. The number of carbonyl (C=O) groups excluding carboxylic acids is 2. The molecule has 358 valence electrons. The Morgan fingerprint density at radius 1 is 1.00 bits per heavy atom. The van der Waals surface area contributed by atoms with Crippen molar-refractivity contribution in [2.24, 2.45) is 29.1 Å². The van der Waals surface area contributed by atoms with E-state index < -0.39 is 60.8 Å². The first kappa shape index (κ1) is 47.9. The van der Waals surface area contributed by atoms with Gasteiger partial charge in [-0.2, -0.15) is 4.98 Å². The van der Waals surface area contributed by atoms with Crippen molar-refractivity contribution >= 4 is 29.4 Å². The number of fused-ring (bicyclic) bond motifs is 1. The predicted octanol–water partition coefficient (Wildman–Crippen LogP) is 8.31. The average Bonchev–Trinajstić information content (AvgIpc) is 4.04. The van der Waals surface area contributed by atoms with Crippen LogP contribution in [0.4, 0.5) is 31.2 Å². The molecule has 67 heavy (non-hydrogen) atoms.